The number of hydrogen-bond donors (Lipinski definition) is 2. The van der Waals surface area contributed by atoms with E-state index >= 15 is 0 Å². The summed E-state index contributed by atoms with van der Waals surface area (Å²) in [5.41, 5.74) is 0. The fourth-order valence-electron chi connectivity index (χ4n) is 4.49. The third-order valence-electron chi connectivity index (χ3n) is 6.63. The standard InChI is InChI=1S/C26H56N.H3O4P/c1-5-9-12-15-18-21-24-27(8-4,25-22-19-16-13-10-6-2)26-23-20-17-14-11-7-3;1-5(2,3)4/h5-26H2,1-4H3;(H3,1,2,3,4)/q+1;/p-1. The van der Waals surface area contributed by atoms with Crippen LogP contribution in [0.2, 0.25) is 0 Å². The van der Waals surface area contributed by atoms with E-state index in [-0.39, 0.29) is 0 Å². The van der Waals surface area contributed by atoms with Crippen LogP contribution in [-0.2, 0) is 4.57 Å². The van der Waals surface area contributed by atoms with E-state index in [4.69, 9.17) is 19.2 Å². The Balaban J connectivity index is 0. The molecule has 0 amide bonds. The molecule has 0 saturated heterocycles. The molecule has 0 atom stereocenters. The lowest BCUT2D eigenvalue weighted by Gasteiger charge is -2.38. The van der Waals surface area contributed by atoms with Gasteiger partial charge in [0.15, 0.2) is 0 Å². The van der Waals surface area contributed by atoms with Crippen molar-refractivity contribution in [1.82, 2.24) is 0 Å². The van der Waals surface area contributed by atoms with Crippen LogP contribution in [0.25, 0.3) is 0 Å². The summed E-state index contributed by atoms with van der Waals surface area (Å²) < 4.78 is 10.2. The number of phosphoric acid groups is 1. The highest BCUT2D eigenvalue weighted by atomic mass is 31.2. The average Bonchev–Trinajstić information content (AvgIpc) is 2.74. The number of rotatable bonds is 22. The molecule has 2 N–H and O–H groups in total. The summed E-state index contributed by atoms with van der Waals surface area (Å²) in [6.07, 6.45) is 25.9. The first kappa shape index (κ1) is 34.2. The van der Waals surface area contributed by atoms with E-state index in [9.17, 15) is 0 Å². The van der Waals surface area contributed by atoms with Gasteiger partial charge in [-0.05, 0) is 45.4 Å². The quantitative estimate of drug-likeness (QED) is 0.0966. The molecule has 32 heavy (non-hydrogen) atoms. The first-order valence-corrected chi connectivity index (χ1v) is 15.4. The summed E-state index contributed by atoms with van der Waals surface area (Å²) in [6, 6.07) is 0. The van der Waals surface area contributed by atoms with Gasteiger partial charge in [-0.15, -0.1) is 0 Å². The molecule has 0 saturated carbocycles. The Bertz CT molecular complexity index is 366. The molecule has 0 aliphatic heterocycles. The molecule has 0 heterocycles. The van der Waals surface area contributed by atoms with Gasteiger partial charge < -0.3 is 19.2 Å². The first-order chi connectivity index (χ1) is 15.2. The Morgan fingerprint density at radius 1 is 0.531 bits per heavy atom. The SMILES string of the molecule is CCCCCCCC[N+](CC)(CCCCCCCC)CCCCCCCC.O=P([O-])(O)O. The van der Waals surface area contributed by atoms with E-state index in [0.29, 0.717) is 0 Å². The molecule has 0 aliphatic rings. The molecule has 0 rings (SSSR count). The van der Waals surface area contributed by atoms with Crippen LogP contribution >= 0.6 is 7.82 Å². The minimum atomic E-state index is -4.89. The van der Waals surface area contributed by atoms with Gasteiger partial charge in [0.05, 0.1) is 26.2 Å². The van der Waals surface area contributed by atoms with Crippen molar-refractivity contribution < 1.29 is 23.7 Å². The lowest BCUT2D eigenvalue weighted by Crippen LogP contribution is -2.50. The van der Waals surface area contributed by atoms with Crippen LogP contribution in [0, 0.1) is 0 Å². The molecule has 0 fully saturated rings. The van der Waals surface area contributed by atoms with Crippen molar-refractivity contribution in [2.75, 3.05) is 26.2 Å². The number of quaternary nitrogens is 1. The van der Waals surface area contributed by atoms with Crippen LogP contribution < -0.4 is 4.89 Å². The molecule has 0 unspecified atom stereocenters. The monoisotopic (exact) mass is 479 g/mol. The molecule has 0 aromatic heterocycles. The summed E-state index contributed by atoms with van der Waals surface area (Å²) in [5.74, 6) is 0. The second kappa shape index (κ2) is 24.2. The third-order valence-corrected chi connectivity index (χ3v) is 6.63. The summed E-state index contributed by atoms with van der Waals surface area (Å²) >= 11 is 0. The van der Waals surface area contributed by atoms with Gasteiger partial charge in [-0.1, -0.05) is 97.8 Å². The number of hydrogen-bond acceptors (Lipinski definition) is 2. The molecule has 6 heteroatoms. The van der Waals surface area contributed by atoms with Crippen molar-refractivity contribution in [2.24, 2.45) is 0 Å². The first-order valence-electron chi connectivity index (χ1n) is 13.9. The maximum atomic E-state index is 8.77. The molecule has 196 valence electrons. The van der Waals surface area contributed by atoms with Crippen LogP contribution in [0.15, 0.2) is 0 Å². The van der Waals surface area contributed by atoms with Gasteiger partial charge in [-0.3, -0.25) is 4.57 Å². The molecular weight excluding hydrogens is 421 g/mol. The maximum absolute atomic E-state index is 8.77. The Kier molecular flexibility index (Phi) is 25.9. The van der Waals surface area contributed by atoms with Crippen LogP contribution in [0.5, 0.6) is 0 Å². The van der Waals surface area contributed by atoms with E-state index in [2.05, 4.69) is 27.7 Å². The average molecular weight is 480 g/mol. The highest BCUT2D eigenvalue weighted by molar-refractivity contribution is 7.43. The molecule has 0 aromatic rings. The molecule has 5 nitrogen and oxygen atoms in total. The largest absolute Gasteiger partial charge is 0.756 e. The van der Waals surface area contributed by atoms with Gasteiger partial charge in [0, 0.05) is 0 Å². The number of unbranched alkanes of at least 4 members (excludes halogenated alkanes) is 15. The Morgan fingerprint density at radius 2 is 0.750 bits per heavy atom. The lowest BCUT2D eigenvalue weighted by atomic mass is 10.1. The fraction of sp³-hybridized carbons (Fsp3) is 1.00. The zero-order valence-corrected chi connectivity index (χ0v) is 23.1. The van der Waals surface area contributed by atoms with Gasteiger partial charge in [0.2, 0.25) is 0 Å². The summed E-state index contributed by atoms with van der Waals surface area (Å²) in [4.78, 5) is 22.9. The second-order valence-electron chi connectivity index (χ2n) is 9.62. The van der Waals surface area contributed by atoms with Crippen LogP contribution in [0.4, 0.5) is 0 Å². The zero-order valence-electron chi connectivity index (χ0n) is 22.2. The highest BCUT2D eigenvalue weighted by Gasteiger charge is 2.23. The minimum absolute atomic E-state index is 1.36. The fourth-order valence-corrected chi connectivity index (χ4v) is 4.49. The van der Waals surface area contributed by atoms with Gasteiger partial charge in [0.1, 0.15) is 0 Å². The molecule has 0 aromatic carbocycles. The molecule has 0 bridgehead atoms. The van der Waals surface area contributed by atoms with Crippen molar-refractivity contribution in [3.8, 4) is 0 Å². The van der Waals surface area contributed by atoms with Crippen molar-refractivity contribution in [2.45, 2.75) is 143 Å². The van der Waals surface area contributed by atoms with E-state index in [1.54, 1.807) is 0 Å². The Labute approximate surface area is 201 Å². The summed E-state index contributed by atoms with van der Waals surface area (Å²) in [7, 11) is -4.89. The lowest BCUT2D eigenvalue weighted by molar-refractivity contribution is -0.927. The predicted molar refractivity (Wildman–Crippen MR) is 138 cm³/mol. The van der Waals surface area contributed by atoms with Crippen LogP contribution in [0.1, 0.15) is 143 Å². The van der Waals surface area contributed by atoms with Crippen molar-refractivity contribution in [3.05, 3.63) is 0 Å². The van der Waals surface area contributed by atoms with Crippen molar-refractivity contribution in [3.63, 3.8) is 0 Å². The highest BCUT2D eigenvalue weighted by Crippen LogP contribution is 2.19. The van der Waals surface area contributed by atoms with Crippen LogP contribution in [0.3, 0.4) is 0 Å². The van der Waals surface area contributed by atoms with E-state index in [1.165, 1.54) is 146 Å². The topological polar surface area (TPSA) is 80.6 Å². The summed E-state index contributed by atoms with van der Waals surface area (Å²) in [5, 5.41) is 0. The molecule has 0 radical (unpaired) electrons. The maximum Gasteiger partial charge on any atom is 0.262 e. The molecule has 0 aliphatic carbocycles. The van der Waals surface area contributed by atoms with Gasteiger partial charge in [0.25, 0.3) is 7.82 Å². The normalized spacial score (nSPS) is 12.0. The van der Waals surface area contributed by atoms with Crippen molar-refractivity contribution in [1.29, 1.82) is 0 Å². The Morgan fingerprint density at radius 3 is 0.969 bits per heavy atom. The van der Waals surface area contributed by atoms with Gasteiger partial charge in [-0.2, -0.15) is 0 Å². The number of nitrogens with zero attached hydrogens (tertiary/aromatic N) is 1. The van der Waals surface area contributed by atoms with Gasteiger partial charge >= 0.3 is 0 Å². The van der Waals surface area contributed by atoms with E-state index in [0.717, 1.165) is 0 Å². The van der Waals surface area contributed by atoms with Crippen molar-refractivity contribution >= 4 is 7.82 Å². The molecule has 0 spiro atoms. The van der Waals surface area contributed by atoms with Crippen LogP contribution in [-0.4, -0.2) is 40.4 Å². The predicted octanol–water partition coefficient (Wildman–Crippen LogP) is 7.34. The van der Waals surface area contributed by atoms with E-state index in [1.807, 2.05) is 0 Å². The van der Waals surface area contributed by atoms with E-state index < -0.39 is 7.82 Å². The second-order valence-corrected chi connectivity index (χ2v) is 10.6. The molecular formula is C26H58NO4P. The Hall–Kier alpha value is 0.0700. The third kappa shape index (κ3) is 28.1. The zero-order chi connectivity index (χ0) is 24.6. The smallest absolute Gasteiger partial charge is 0.262 e. The van der Waals surface area contributed by atoms with Gasteiger partial charge in [-0.25, -0.2) is 0 Å². The summed E-state index contributed by atoms with van der Waals surface area (Å²) in [6.45, 7) is 15.1. The minimum Gasteiger partial charge on any atom is -0.756 e.